The number of halogens is 2. The molecule has 0 fully saturated rings. The first kappa shape index (κ1) is 25.1. The van der Waals surface area contributed by atoms with E-state index in [4.69, 9.17) is 21.1 Å². The van der Waals surface area contributed by atoms with E-state index in [9.17, 15) is 14.0 Å². The zero-order valence-electron chi connectivity index (χ0n) is 20.7. The van der Waals surface area contributed by atoms with Gasteiger partial charge in [-0.05, 0) is 65.6 Å². The third kappa shape index (κ3) is 4.29. The van der Waals surface area contributed by atoms with Crippen molar-refractivity contribution in [1.82, 2.24) is 14.4 Å². The maximum Gasteiger partial charge on any atom is 0.300 e. The zero-order chi connectivity index (χ0) is 27.0. The number of pyridine rings is 2. The molecule has 0 aliphatic heterocycles. The predicted molar refractivity (Wildman–Crippen MR) is 144 cm³/mol. The van der Waals surface area contributed by atoms with Crippen molar-refractivity contribution in [2.45, 2.75) is 6.92 Å². The summed E-state index contributed by atoms with van der Waals surface area (Å²) in [5.74, 6) is -0.218. The summed E-state index contributed by atoms with van der Waals surface area (Å²) in [6, 6.07) is 15.1. The van der Waals surface area contributed by atoms with Crippen molar-refractivity contribution in [3.05, 3.63) is 99.3 Å². The van der Waals surface area contributed by atoms with Crippen molar-refractivity contribution in [2.75, 3.05) is 14.2 Å². The van der Waals surface area contributed by atoms with Gasteiger partial charge in [0.1, 0.15) is 11.5 Å². The number of benzene rings is 2. The van der Waals surface area contributed by atoms with Gasteiger partial charge in [0.25, 0.3) is 5.56 Å². The first-order valence-electron chi connectivity index (χ1n) is 11.5. The van der Waals surface area contributed by atoms with Gasteiger partial charge < -0.3 is 9.47 Å². The van der Waals surface area contributed by atoms with Gasteiger partial charge >= 0.3 is 0 Å². The lowest BCUT2D eigenvalue weighted by molar-refractivity contribution is 0.112. The molecule has 190 valence electrons. The van der Waals surface area contributed by atoms with E-state index >= 15 is 0 Å². The van der Waals surface area contributed by atoms with Gasteiger partial charge in [0.2, 0.25) is 11.6 Å². The number of nitrogens with zero attached hydrogens (tertiary/aromatic N) is 3. The van der Waals surface area contributed by atoms with Gasteiger partial charge in [0.05, 0.1) is 36.7 Å². The number of rotatable bonds is 6. The minimum atomic E-state index is -0.493. The maximum absolute atomic E-state index is 14.9. The molecular weight excluding hydrogens is 509 g/mol. The van der Waals surface area contributed by atoms with Gasteiger partial charge in [-0.3, -0.25) is 14.0 Å². The molecule has 0 radical (unpaired) electrons. The van der Waals surface area contributed by atoms with Crippen molar-refractivity contribution in [2.24, 2.45) is 0 Å². The number of carbonyl (C=O) groups excluding carboxylic acids is 1. The molecular formula is C29H21ClFN3O4. The number of methoxy groups -OCH3 is 2. The fraction of sp³-hybridized carbons (Fsp3) is 0.103. The third-order valence-electron chi connectivity index (χ3n) is 6.36. The fourth-order valence-corrected chi connectivity index (χ4v) is 4.74. The number of fused-ring (bicyclic) bond motifs is 1. The van der Waals surface area contributed by atoms with Crippen LogP contribution < -0.4 is 15.0 Å². The number of aromatic nitrogens is 3. The quantitative estimate of drug-likeness (QED) is 0.250. The number of ether oxygens (including phenoxy) is 2. The van der Waals surface area contributed by atoms with Crippen LogP contribution in [-0.4, -0.2) is 34.9 Å². The van der Waals surface area contributed by atoms with Gasteiger partial charge in [-0.15, -0.1) is 0 Å². The second kappa shape index (κ2) is 10.1. The Balaban J connectivity index is 1.64. The van der Waals surface area contributed by atoms with Crippen LogP contribution in [0, 0.1) is 12.7 Å². The van der Waals surface area contributed by atoms with Crippen LogP contribution >= 0.6 is 11.6 Å². The van der Waals surface area contributed by atoms with Crippen LogP contribution in [0.3, 0.4) is 0 Å². The molecule has 0 unspecified atom stereocenters. The summed E-state index contributed by atoms with van der Waals surface area (Å²) >= 11 is 6.84. The van der Waals surface area contributed by atoms with Crippen molar-refractivity contribution < 1.29 is 18.7 Å². The van der Waals surface area contributed by atoms with Gasteiger partial charge in [-0.1, -0.05) is 29.8 Å². The Bertz CT molecular complexity index is 1790. The van der Waals surface area contributed by atoms with E-state index in [2.05, 4.69) is 9.97 Å². The molecule has 3 aromatic heterocycles. The molecule has 5 rings (SSSR count). The highest BCUT2D eigenvalue weighted by atomic mass is 35.5. The summed E-state index contributed by atoms with van der Waals surface area (Å²) < 4.78 is 26.6. The molecule has 0 N–H and O–H groups in total. The van der Waals surface area contributed by atoms with Crippen LogP contribution in [0.5, 0.6) is 11.6 Å². The highest BCUT2D eigenvalue weighted by molar-refractivity contribution is 6.36. The predicted octanol–water partition coefficient (Wildman–Crippen LogP) is 6.02. The molecule has 0 aliphatic carbocycles. The summed E-state index contributed by atoms with van der Waals surface area (Å²) in [4.78, 5) is 32.5. The third-order valence-corrected chi connectivity index (χ3v) is 6.76. The highest BCUT2D eigenvalue weighted by Gasteiger charge is 2.18. The minimum Gasteiger partial charge on any atom is -0.490 e. The van der Waals surface area contributed by atoms with Crippen LogP contribution in [0.25, 0.3) is 39.2 Å². The zero-order valence-corrected chi connectivity index (χ0v) is 21.4. The normalized spacial score (nSPS) is 11.0. The van der Waals surface area contributed by atoms with Crippen LogP contribution in [0.2, 0.25) is 5.02 Å². The van der Waals surface area contributed by atoms with Crippen LogP contribution in [0.15, 0.2) is 71.8 Å². The lowest BCUT2D eigenvalue weighted by Crippen LogP contribution is -2.16. The summed E-state index contributed by atoms with van der Waals surface area (Å²) in [5, 5.41) is 0.305. The number of hydrogen-bond acceptors (Lipinski definition) is 6. The van der Waals surface area contributed by atoms with Gasteiger partial charge in [-0.2, -0.15) is 0 Å². The second-order valence-corrected chi connectivity index (χ2v) is 8.86. The van der Waals surface area contributed by atoms with Crippen molar-refractivity contribution >= 4 is 23.5 Å². The van der Waals surface area contributed by atoms with Gasteiger partial charge in [0, 0.05) is 17.3 Å². The molecule has 2 aromatic carbocycles. The van der Waals surface area contributed by atoms with Crippen molar-refractivity contribution in [1.29, 1.82) is 0 Å². The first-order chi connectivity index (χ1) is 18.4. The standard InChI is InChI=1S/C29H21ClFN3O4/c1-16-20(17-9-10-34-26(11-17)32-14-25(37-2)29(34)36)5-4-6-21(16)22-12-19(31)13-23(27(22)30)24-8-7-18(15-35)28(33-24)38-3/h4-15H,1-3H3. The molecule has 9 heteroatoms. The molecule has 0 spiro atoms. The monoisotopic (exact) mass is 529 g/mol. The molecule has 0 amide bonds. The minimum absolute atomic E-state index is 0.124. The van der Waals surface area contributed by atoms with Crippen LogP contribution in [0.4, 0.5) is 4.39 Å². The SMILES string of the molecule is COc1nc(-c2cc(F)cc(-c3cccc(-c4ccn5c(=O)c(OC)cnc5c4)c3C)c2Cl)ccc1C=O. The summed E-state index contributed by atoms with van der Waals surface area (Å²) in [6.45, 7) is 1.92. The first-order valence-corrected chi connectivity index (χ1v) is 11.9. The van der Waals surface area contributed by atoms with Crippen LogP contribution in [0.1, 0.15) is 15.9 Å². The fourth-order valence-electron chi connectivity index (χ4n) is 4.43. The molecule has 0 saturated heterocycles. The van der Waals surface area contributed by atoms with E-state index in [0.717, 1.165) is 22.3 Å². The highest BCUT2D eigenvalue weighted by Crippen LogP contribution is 2.40. The Morgan fingerprint density at radius 3 is 2.47 bits per heavy atom. The lowest BCUT2D eigenvalue weighted by atomic mass is 9.92. The largest absolute Gasteiger partial charge is 0.490 e. The Kier molecular flexibility index (Phi) is 6.65. The van der Waals surface area contributed by atoms with E-state index in [0.29, 0.717) is 33.8 Å². The molecule has 38 heavy (non-hydrogen) atoms. The summed E-state index contributed by atoms with van der Waals surface area (Å²) in [6.07, 6.45) is 3.67. The van der Waals surface area contributed by atoms with E-state index in [1.54, 1.807) is 24.4 Å². The average Bonchev–Trinajstić information content (AvgIpc) is 2.94. The molecule has 0 aliphatic rings. The maximum atomic E-state index is 14.9. The Labute approximate surface area is 222 Å². The van der Waals surface area contributed by atoms with Crippen molar-refractivity contribution in [3.63, 3.8) is 0 Å². The number of aldehydes is 1. The average molecular weight is 530 g/mol. The Morgan fingerprint density at radius 1 is 0.974 bits per heavy atom. The summed E-state index contributed by atoms with van der Waals surface area (Å²) in [5.41, 5.74) is 4.93. The molecule has 0 bridgehead atoms. The smallest absolute Gasteiger partial charge is 0.300 e. The molecule has 0 saturated carbocycles. The lowest BCUT2D eigenvalue weighted by Gasteiger charge is -2.16. The van der Waals surface area contributed by atoms with E-state index in [1.807, 2.05) is 31.2 Å². The Morgan fingerprint density at radius 2 is 1.74 bits per heavy atom. The van der Waals surface area contributed by atoms with Crippen molar-refractivity contribution in [3.8, 4) is 45.1 Å². The van der Waals surface area contributed by atoms with E-state index in [1.165, 1.54) is 36.9 Å². The Hall–Kier alpha value is -4.56. The van der Waals surface area contributed by atoms with Gasteiger partial charge in [-0.25, -0.2) is 14.4 Å². The molecule has 0 atom stereocenters. The second-order valence-electron chi connectivity index (χ2n) is 8.48. The molecule has 5 aromatic rings. The molecule has 7 nitrogen and oxygen atoms in total. The topological polar surface area (TPSA) is 82.8 Å². The molecule has 3 heterocycles. The van der Waals surface area contributed by atoms with Crippen LogP contribution in [-0.2, 0) is 0 Å². The van der Waals surface area contributed by atoms with Gasteiger partial charge in [0.15, 0.2) is 6.29 Å². The number of carbonyl (C=O) groups is 1. The number of hydrogen-bond donors (Lipinski definition) is 0. The van der Waals surface area contributed by atoms with E-state index < -0.39 is 5.82 Å². The van der Waals surface area contributed by atoms with E-state index in [-0.39, 0.29) is 22.8 Å². The summed E-state index contributed by atoms with van der Waals surface area (Å²) in [7, 11) is 2.82.